The third-order valence-corrected chi connectivity index (χ3v) is 11.8. The van der Waals surface area contributed by atoms with Gasteiger partial charge in [0.25, 0.3) is 0 Å². The molecule has 1 saturated carbocycles. The van der Waals surface area contributed by atoms with Crippen molar-refractivity contribution in [2.45, 2.75) is 78.6 Å². The monoisotopic (exact) mass is 718 g/mol. The van der Waals surface area contributed by atoms with E-state index in [1.807, 2.05) is 0 Å². The van der Waals surface area contributed by atoms with Gasteiger partial charge < -0.3 is 15.1 Å². The van der Waals surface area contributed by atoms with Gasteiger partial charge in [-0.15, -0.1) is 11.6 Å². The van der Waals surface area contributed by atoms with Crippen LogP contribution >= 0.6 is 11.6 Å². The van der Waals surface area contributed by atoms with Crippen molar-refractivity contribution < 1.29 is 0 Å². The predicted molar refractivity (Wildman–Crippen MR) is 230 cm³/mol. The number of alkyl halides is 1. The van der Waals surface area contributed by atoms with E-state index in [9.17, 15) is 0 Å². The number of nitrogens with zero attached hydrogens (tertiary/aromatic N) is 2. The molecule has 270 valence electrons. The highest BCUT2D eigenvalue weighted by Gasteiger charge is 2.28. The number of aryl methyl sites for hydroxylation is 6. The van der Waals surface area contributed by atoms with Gasteiger partial charge in [-0.25, -0.2) is 0 Å². The number of anilines is 5. The molecule has 0 bridgehead atoms. The molecule has 0 aromatic heterocycles. The van der Waals surface area contributed by atoms with E-state index in [1.54, 1.807) is 0 Å². The number of benzene rings is 6. The molecule has 0 heterocycles. The van der Waals surface area contributed by atoms with Gasteiger partial charge in [0.15, 0.2) is 0 Å². The lowest BCUT2D eigenvalue weighted by molar-refractivity contribution is 0.470. The average molecular weight is 719 g/mol. The molecule has 0 radical (unpaired) electrons. The Morgan fingerprint density at radius 3 is 1.49 bits per heavy atom. The first-order valence-electron chi connectivity index (χ1n) is 19.1. The molecule has 6 aromatic rings. The molecular formula is C49H53ClN3+. The van der Waals surface area contributed by atoms with E-state index >= 15 is 0 Å². The fourth-order valence-corrected chi connectivity index (χ4v) is 9.28. The molecule has 3 nitrogen and oxygen atoms in total. The largest absolute Gasteiger partial charge is 0.380 e. The van der Waals surface area contributed by atoms with Crippen molar-refractivity contribution in [3.05, 3.63) is 165 Å². The molecule has 4 heteroatoms. The Kier molecular flexibility index (Phi) is 10.5. The predicted octanol–water partition coefficient (Wildman–Crippen LogP) is 13.2. The van der Waals surface area contributed by atoms with Crippen molar-refractivity contribution in [3.8, 4) is 0 Å². The summed E-state index contributed by atoms with van der Waals surface area (Å²) in [5.74, 6) is 1.22. The van der Waals surface area contributed by atoms with Gasteiger partial charge in [-0.2, -0.15) is 0 Å². The minimum absolute atomic E-state index is 0.151. The number of nitrogens with one attached hydrogen (secondary N) is 1. The number of halogens is 1. The van der Waals surface area contributed by atoms with Crippen molar-refractivity contribution in [2.24, 2.45) is 0 Å². The molecule has 0 saturated heterocycles. The lowest BCUT2D eigenvalue weighted by Gasteiger charge is -2.29. The van der Waals surface area contributed by atoms with Crippen LogP contribution in [0.4, 0.5) is 28.4 Å². The van der Waals surface area contributed by atoms with E-state index in [0.717, 1.165) is 29.9 Å². The third-order valence-electron chi connectivity index (χ3n) is 11.2. The van der Waals surface area contributed by atoms with Crippen LogP contribution in [0.5, 0.6) is 0 Å². The topological polar surface area (TPSA) is 18.5 Å². The van der Waals surface area contributed by atoms with E-state index in [0.29, 0.717) is 0 Å². The fraction of sp³-hybridized carbons (Fsp3) is 0.286. The Bertz CT molecular complexity index is 2080. The van der Waals surface area contributed by atoms with Crippen molar-refractivity contribution in [1.82, 2.24) is 0 Å². The van der Waals surface area contributed by atoms with Crippen LogP contribution in [0.3, 0.4) is 0 Å². The molecule has 0 amide bonds. The van der Waals surface area contributed by atoms with E-state index < -0.39 is 0 Å². The van der Waals surface area contributed by atoms with Crippen LogP contribution in [0.15, 0.2) is 109 Å². The molecule has 1 aliphatic carbocycles. The van der Waals surface area contributed by atoms with Crippen LogP contribution in [0.2, 0.25) is 0 Å². The van der Waals surface area contributed by atoms with Crippen LogP contribution in [-0.4, -0.2) is 25.5 Å². The lowest BCUT2D eigenvalue weighted by Crippen LogP contribution is -2.32. The first-order chi connectivity index (χ1) is 25.5. The first-order valence-corrected chi connectivity index (χ1v) is 19.6. The van der Waals surface area contributed by atoms with Gasteiger partial charge in [0.2, 0.25) is 0 Å². The summed E-state index contributed by atoms with van der Waals surface area (Å²) in [6.45, 7) is 13.2. The summed E-state index contributed by atoms with van der Waals surface area (Å²) in [5, 5.41) is 6.47. The van der Waals surface area contributed by atoms with Crippen LogP contribution < -0.4 is 15.1 Å². The van der Waals surface area contributed by atoms with Crippen LogP contribution in [0.1, 0.15) is 75.8 Å². The Morgan fingerprint density at radius 1 is 0.566 bits per heavy atom. The number of fused-ring (bicyclic) bond motifs is 1. The zero-order chi connectivity index (χ0) is 37.4. The van der Waals surface area contributed by atoms with Crippen molar-refractivity contribution in [1.29, 1.82) is 0 Å². The Labute approximate surface area is 322 Å². The summed E-state index contributed by atoms with van der Waals surface area (Å²) >= 11 is 6.85. The molecular weight excluding hydrogens is 666 g/mol. The molecule has 1 aliphatic rings. The second-order valence-electron chi connectivity index (χ2n) is 15.3. The average Bonchev–Trinajstić information content (AvgIpc) is 3.13. The normalized spacial score (nSPS) is 15.7. The summed E-state index contributed by atoms with van der Waals surface area (Å²) in [7, 11) is 4.35. The smallest absolute Gasteiger partial charge is 0.0638 e. The lowest BCUT2D eigenvalue weighted by atomic mass is 9.82. The van der Waals surface area contributed by atoms with Gasteiger partial charge in [0.05, 0.1) is 45.0 Å². The molecule has 6 aromatic carbocycles. The maximum Gasteiger partial charge on any atom is 0.0638 e. The Balaban J connectivity index is 1.31. The molecule has 2 unspecified atom stereocenters. The van der Waals surface area contributed by atoms with E-state index in [-0.39, 0.29) is 11.4 Å². The number of rotatable bonds is 9. The molecule has 0 aliphatic heterocycles. The zero-order valence-corrected chi connectivity index (χ0v) is 33.4. The maximum absolute atomic E-state index is 6.85. The van der Waals surface area contributed by atoms with Crippen molar-refractivity contribution in [2.75, 3.05) is 29.2 Å². The van der Waals surface area contributed by atoms with Crippen LogP contribution in [-0.2, 0) is 0 Å². The number of hydrogen-bond acceptors (Lipinski definition) is 3. The van der Waals surface area contributed by atoms with Gasteiger partial charge in [-0.3, -0.25) is 0 Å². The zero-order valence-electron chi connectivity index (χ0n) is 32.6. The Hall–Kier alpha value is -4.86. The van der Waals surface area contributed by atoms with Crippen molar-refractivity contribution >= 4 is 50.8 Å². The fourth-order valence-electron chi connectivity index (χ4n) is 8.93. The van der Waals surface area contributed by atoms with Crippen LogP contribution in [0, 0.1) is 47.5 Å². The van der Waals surface area contributed by atoms with E-state index in [2.05, 4.69) is 180 Å². The SMILES string of the molecule is Cc1cc(C)c(N(C)c2ccc([C+](c3ccc(N(C)c4c(C)cc(C)cc4C)cc3)c3ccc(NC4CCCCC4Cl)c4ccccc34)cc2)c(C)c1. The van der Waals surface area contributed by atoms with E-state index in [1.165, 1.54) is 91.0 Å². The van der Waals surface area contributed by atoms with E-state index in [4.69, 9.17) is 11.6 Å². The van der Waals surface area contributed by atoms with Gasteiger partial charge in [-0.1, -0.05) is 60.4 Å². The first kappa shape index (κ1) is 36.5. The number of hydrogen-bond donors (Lipinski definition) is 1. The van der Waals surface area contributed by atoms with Gasteiger partial charge >= 0.3 is 0 Å². The Morgan fingerprint density at radius 2 is 1.02 bits per heavy atom. The molecule has 7 rings (SSSR count). The standard InChI is InChI=1S/C49H53ClN3/c1-31-27-33(3)48(34(4)28-31)52(7)39-21-17-37(18-22-39)47(38-19-23-40(24-20-38)53(8)49-35(5)29-32(2)30-36(49)6)43-25-26-45(42-14-10-9-13-41(42)43)51-46-16-12-11-15-44(46)50/h9-10,13-14,17-30,44,46,51H,11-12,15-16H2,1-8H3/q+1. The molecule has 53 heavy (non-hydrogen) atoms. The van der Waals surface area contributed by atoms with Gasteiger partial charge in [0, 0.05) is 42.3 Å². The highest BCUT2D eigenvalue weighted by atomic mass is 35.5. The summed E-state index contributed by atoms with van der Waals surface area (Å²) < 4.78 is 0. The summed E-state index contributed by atoms with van der Waals surface area (Å²) in [6.07, 6.45) is 4.60. The second kappa shape index (κ2) is 15.2. The molecule has 0 spiro atoms. The van der Waals surface area contributed by atoms with Gasteiger partial charge in [-0.05, 0) is 149 Å². The summed E-state index contributed by atoms with van der Waals surface area (Å²) in [5.41, 5.74) is 17.3. The second-order valence-corrected chi connectivity index (χ2v) is 15.9. The summed E-state index contributed by atoms with van der Waals surface area (Å²) in [6, 6.07) is 41.0. The minimum Gasteiger partial charge on any atom is -0.380 e. The molecule has 1 fully saturated rings. The van der Waals surface area contributed by atoms with Gasteiger partial charge in [0.1, 0.15) is 0 Å². The molecule has 2 atom stereocenters. The van der Waals surface area contributed by atoms with Crippen molar-refractivity contribution in [3.63, 3.8) is 0 Å². The quantitative estimate of drug-likeness (QED) is 0.0912. The minimum atomic E-state index is 0.151. The maximum atomic E-state index is 6.85. The summed E-state index contributed by atoms with van der Waals surface area (Å²) in [4.78, 5) is 4.64. The highest BCUT2D eigenvalue weighted by Crippen LogP contribution is 2.41. The molecule has 1 N–H and O–H groups in total. The van der Waals surface area contributed by atoms with Crippen LogP contribution in [0.25, 0.3) is 10.8 Å². The highest BCUT2D eigenvalue weighted by molar-refractivity contribution is 6.21. The third kappa shape index (κ3) is 7.37.